The number of Topliss-reactive ketones (excluding diaryl/α,β-unsaturated/α-hetero) is 1. The number of esters is 2. The van der Waals surface area contributed by atoms with Gasteiger partial charge in [-0.2, -0.15) is 0 Å². The highest BCUT2D eigenvalue weighted by Crippen LogP contribution is 2.52. The van der Waals surface area contributed by atoms with Crippen molar-refractivity contribution in [2.75, 3.05) is 20.3 Å². The van der Waals surface area contributed by atoms with Crippen LogP contribution in [0.5, 0.6) is 17.2 Å². The van der Waals surface area contributed by atoms with E-state index in [1.807, 2.05) is 0 Å². The average molecular weight is 730 g/mol. The number of aliphatic hydroxyl groups excluding tert-OH is 2. The number of hydrogen-bond acceptors (Lipinski definition) is 16. The summed E-state index contributed by atoms with van der Waals surface area (Å²) < 4.78 is 27.5. The van der Waals surface area contributed by atoms with E-state index < -0.39 is 114 Å². The van der Waals surface area contributed by atoms with Crippen molar-refractivity contribution in [1.29, 1.82) is 0 Å². The Morgan fingerprint density at radius 1 is 1.02 bits per heavy atom. The largest absolute Gasteiger partial charge is 0.507 e. The molecule has 0 aromatic heterocycles. The zero-order chi connectivity index (χ0) is 38.1. The van der Waals surface area contributed by atoms with Gasteiger partial charge in [0.05, 0.1) is 42.1 Å². The van der Waals surface area contributed by atoms with E-state index in [1.165, 1.54) is 39.2 Å². The van der Waals surface area contributed by atoms with Crippen LogP contribution >= 0.6 is 0 Å². The summed E-state index contributed by atoms with van der Waals surface area (Å²) in [5, 5.41) is 58.6. The molecule has 0 saturated carbocycles. The standard InChI is InChI=1S/C36H43NO15/c1-16-31(42)21(37-11-6-5-10-25(50-17(2)39)51-18(3)40)12-26(49-16)52-23-14-36(47,24(41)15-38)13-20-28(23)35(46)30-29(33(20)44)32(43)19-8-7-9-22(48-4)27(19)34(30)45/h7-9,16,21,23,25-26,31,37-38,42,44,46-47H,5-6,10-15H2,1-4H3/t16-,21-,23-,26-,31+,36-/m0/s1. The molecule has 16 heteroatoms. The number of hydrogen-bond donors (Lipinski definition) is 6. The lowest BCUT2D eigenvalue weighted by molar-refractivity contribution is -0.249. The van der Waals surface area contributed by atoms with Gasteiger partial charge in [-0.15, -0.1) is 0 Å². The first kappa shape index (κ1) is 38.8. The Kier molecular flexibility index (Phi) is 11.7. The summed E-state index contributed by atoms with van der Waals surface area (Å²) in [4.78, 5) is 63.2. The van der Waals surface area contributed by atoms with Crippen LogP contribution in [0.2, 0.25) is 0 Å². The summed E-state index contributed by atoms with van der Waals surface area (Å²) >= 11 is 0. The predicted octanol–water partition coefficient (Wildman–Crippen LogP) is 1.25. The third-order valence-electron chi connectivity index (χ3n) is 9.63. The highest BCUT2D eigenvalue weighted by atomic mass is 16.7. The first-order valence-electron chi connectivity index (χ1n) is 16.9. The van der Waals surface area contributed by atoms with Crippen LogP contribution in [0.15, 0.2) is 18.2 Å². The third kappa shape index (κ3) is 7.53. The van der Waals surface area contributed by atoms with Crippen LogP contribution in [0.1, 0.15) is 102 Å². The number of phenolic OH excluding ortho intramolecular Hbond substituents is 2. The third-order valence-corrected chi connectivity index (χ3v) is 9.63. The van der Waals surface area contributed by atoms with Crippen LogP contribution in [0.25, 0.3) is 0 Å². The molecule has 0 unspecified atom stereocenters. The molecule has 282 valence electrons. The minimum atomic E-state index is -2.30. The van der Waals surface area contributed by atoms with Crippen LogP contribution in [-0.2, 0) is 39.8 Å². The Hall–Kier alpha value is -4.45. The molecule has 0 radical (unpaired) electrons. The maximum absolute atomic E-state index is 13.9. The number of fused-ring (bicyclic) bond motifs is 3. The van der Waals surface area contributed by atoms with Crippen molar-refractivity contribution < 1.29 is 73.2 Å². The molecule has 1 fully saturated rings. The van der Waals surface area contributed by atoms with Gasteiger partial charge in [-0.3, -0.25) is 24.0 Å². The summed E-state index contributed by atoms with van der Waals surface area (Å²) in [5.41, 5.74) is -3.87. The molecule has 52 heavy (non-hydrogen) atoms. The van der Waals surface area contributed by atoms with Crippen LogP contribution in [0, 0.1) is 0 Å². The highest BCUT2D eigenvalue weighted by molar-refractivity contribution is 6.31. The molecule has 6 N–H and O–H groups in total. The molecule has 2 aliphatic carbocycles. The summed E-state index contributed by atoms with van der Waals surface area (Å²) in [6.45, 7) is 3.34. The fraction of sp³-hybridized carbons (Fsp3) is 0.528. The van der Waals surface area contributed by atoms with E-state index in [0.29, 0.717) is 19.4 Å². The van der Waals surface area contributed by atoms with E-state index in [2.05, 4.69) is 5.32 Å². The Balaban J connectivity index is 1.41. The molecule has 6 atom stereocenters. The first-order chi connectivity index (χ1) is 24.6. The Morgan fingerprint density at radius 2 is 1.69 bits per heavy atom. The minimum absolute atomic E-state index is 0.0346. The summed E-state index contributed by atoms with van der Waals surface area (Å²) in [7, 11) is 1.31. The fourth-order valence-corrected chi connectivity index (χ4v) is 7.15. The number of aromatic hydroxyl groups is 2. The summed E-state index contributed by atoms with van der Waals surface area (Å²) in [5.74, 6) is -5.13. The van der Waals surface area contributed by atoms with Gasteiger partial charge in [-0.05, 0) is 32.4 Å². The van der Waals surface area contributed by atoms with Gasteiger partial charge in [0.2, 0.25) is 12.1 Å². The maximum atomic E-state index is 13.9. The molecule has 3 aliphatic rings. The van der Waals surface area contributed by atoms with Gasteiger partial charge in [0.1, 0.15) is 29.5 Å². The van der Waals surface area contributed by atoms with E-state index in [4.69, 9.17) is 23.7 Å². The molecule has 16 nitrogen and oxygen atoms in total. The molecule has 1 aliphatic heterocycles. The van der Waals surface area contributed by atoms with E-state index in [0.717, 1.165) is 0 Å². The first-order valence-corrected chi connectivity index (χ1v) is 16.9. The zero-order valence-corrected chi connectivity index (χ0v) is 29.2. The second-order valence-electron chi connectivity index (χ2n) is 13.2. The number of phenols is 2. The van der Waals surface area contributed by atoms with Crippen LogP contribution in [0.4, 0.5) is 0 Å². The number of ether oxygens (including phenoxy) is 5. The maximum Gasteiger partial charge on any atom is 0.305 e. The Labute approximate surface area is 298 Å². The number of benzene rings is 2. The molecular weight excluding hydrogens is 686 g/mol. The van der Waals surface area contributed by atoms with Crippen molar-refractivity contribution in [3.63, 3.8) is 0 Å². The van der Waals surface area contributed by atoms with Crippen molar-refractivity contribution >= 4 is 29.3 Å². The molecule has 0 spiro atoms. The number of ketones is 3. The molecule has 1 saturated heterocycles. The van der Waals surface area contributed by atoms with Crippen molar-refractivity contribution in [2.45, 2.75) is 102 Å². The second kappa shape index (κ2) is 15.7. The minimum Gasteiger partial charge on any atom is -0.507 e. The van der Waals surface area contributed by atoms with Crippen molar-refractivity contribution in [3.05, 3.63) is 51.6 Å². The van der Waals surface area contributed by atoms with Gasteiger partial charge in [-0.1, -0.05) is 12.1 Å². The van der Waals surface area contributed by atoms with E-state index in [9.17, 15) is 49.5 Å². The quantitative estimate of drug-likeness (QED) is 0.0627. The van der Waals surface area contributed by atoms with Gasteiger partial charge in [-0.25, -0.2) is 0 Å². The molecule has 0 bridgehead atoms. The number of carbonyl (C=O) groups excluding carboxylic acids is 5. The zero-order valence-electron chi connectivity index (χ0n) is 29.2. The van der Waals surface area contributed by atoms with E-state index in [-0.39, 0.29) is 40.8 Å². The number of unbranched alkanes of at least 4 members (excludes halogenated alkanes) is 1. The van der Waals surface area contributed by atoms with Crippen molar-refractivity contribution in [1.82, 2.24) is 5.32 Å². The number of nitrogens with one attached hydrogen (secondary N) is 1. The lowest BCUT2D eigenvalue weighted by Crippen LogP contribution is -2.54. The van der Waals surface area contributed by atoms with Gasteiger partial charge in [0.25, 0.3) is 0 Å². The number of rotatable bonds is 13. The van der Waals surface area contributed by atoms with Crippen LogP contribution in [-0.4, -0.2) is 112 Å². The smallest absolute Gasteiger partial charge is 0.305 e. The predicted molar refractivity (Wildman–Crippen MR) is 177 cm³/mol. The van der Waals surface area contributed by atoms with Crippen LogP contribution in [0.3, 0.4) is 0 Å². The molecule has 2 aromatic rings. The number of methoxy groups -OCH3 is 1. The average Bonchev–Trinajstić information content (AvgIpc) is 3.08. The molecule has 2 aromatic carbocycles. The second-order valence-corrected chi connectivity index (χ2v) is 13.2. The normalized spacial score (nSPS) is 25.2. The lowest BCUT2D eigenvalue weighted by Gasteiger charge is -2.43. The Bertz CT molecular complexity index is 1740. The Morgan fingerprint density at radius 3 is 2.33 bits per heavy atom. The monoisotopic (exact) mass is 729 g/mol. The lowest BCUT2D eigenvalue weighted by atomic mass is 9.72. The van der Waals surface area contributed by atoms with Crippen molar-refractivity contribution in [3.8, 4) is 17.2 Å². The number of aliphatic hydroxyl groups is 3. The fourth-order valence-electron chi connectivity index (χ4n) is 7.15. The van der Waals surface area contributed by atoms with Crippen LogP contribution < -0.4 is 10.1 Å². The summed E-state index contributed by atoms with van der Waals surface area (Å²) in [6.07, 6.45) is -5.15. The van der Waals surface area contributed by atoms with Gasteiger partial charge in [0, 0.05) is 62.3 Å². The number of carbonyl (C=O) groups is 5. The molecular formula is C36H43NO15. The van der Waals surface area contributed by atoms with Gasteiger partial charge in [0.15, 0.2) is 17.9 Å². The van der Waals surface area contributed by atoms with E-state index in [1.54, 1.807) is 6.92 Å². The molecule has 1 heterocycles. The SMILES string of the molecule is COc1cccc2c1C(=O)c1c(O)c3c(c(O)c1C2=O)C[C@@](O)(C(=O)CO)C[C@@H]3O[C@H]1C[C@H](NCCCCC(OC(C)=O)OC(C)=O)[C@H](O)[C@H](C)O1. The van der Waals surface area contributed by atoms with Gasteiger partial charge < -0.3 is 54.5 Å². The van der Waals surface area contributed by atoms with E-state index >= 15 is 0 Å². The van der Waals surface area contributed by atoms with Crippen molar-refractivity contribution in [2.24, 2.45) is 0 Å². The molecule has 0 amide bonds. The molecule has 5 rings (SSSR count). The topological polar surface area (TPSA) is 245 Å². The van der Waals surface area contributed by atoms with Gasteiger partial charge >= 0.3 is 11.9 Å². The highest BCUT2D eigenvalue weighted by Gasteiger charge is 2.50. The summed E-state index contributed by atoms with van der Waals surface area (Å²) in [6, 6.07) is 3.74.